The minimum absolute atomic E-state index is 0.307. The van der Waals surface area contributed by atoms with Crippen LogP contribution in [0, 0.1) is 17.8 Å². The van der Waals surface area contributed by atoms with E-state index in [0.717, 1.165) is 6.07 Å². The number of aliphatic hydroxyl groups excluding tert-OH is 1. The summed E-state index contributed by atoms with van der Waals surface area (Å²) in [5, 5.41) is 9.25. The second kappa shape index (κ2) is 5.77. The van der Waals surface area contributed by atoms with Crippen molar-refractivity contribution in [3.63, 3.8) is 0 Å². The Morgan fingerprint density at radius 2 is 1.75 bits per heavy atom. The second-order valence-corrected chi connectivity index (χ2v) is 6.16. The Morgan fingerprint density at radius 3 is 2.25 bits per heavy atom. The van der Waals surface area contributed by atoms with Crippen molar-refractivity contribution in [2.45, 2.75) is 32.0 Å². The number of pyridine rings is 1. The van der Waals surface area contributed by atoms with Crippen LogP contribution in [0.3, 0.4) is 0 Å². The summed E-state index contributed by atoms with van der Waals surface area (Å²) in [5.74, 6) is -3.99. The Labute approximate surface area is 134 Å². The number of alkyl halides is 3. The normalized spacial score (nSPS) is 26.8. The zero-order valence-corrected chi connectivity index (χ0v) is 12.5. The topological polar surface area (TPSA) is 84.3 Å². The molecular formula is C16H14F3NO4. The van der Waals surface area contributed by atoms with Crippen molar-refractivity contribution in [3.05, 3.63) is 29.1 Å². The number of hydrogen-bond donors (Lipinski definition) is 1. The number of Topliss-reactive ketones (excluding diaryl/α,β-unsaturated/α-hetero) is 3. The molecule has 0 aromatic carbocycles. The first-order valence-electron chi connectivity index (χ1n) is 7.53. The van der Waals surface area contributed by atoms with Crippen LogP contribution in [0.2, 0.25) is 0 Å². The summed E-state index contributed by atoms with van der Waals surface area (Å²) in [5.41, 5.74) is -2.03. The predicted molar refractivity (Wildman–Crippen MR) is 73.8 cm³/mol. The Balaban J connectivity index is 1.98. The van der Waals surface area contributed by atoms with Gasteiger partial charge in [0, 0.05) is 17.4 Å². The van der Waals surface area contributed by atoms with Crippen LogP contribution >= 0.6 is 0 Å². The highest BCUT2D eigenvalue weighted by molar-refractivity contribution is 6.26. The molecule has 3 rings (SSSR count). The first-order chi connectivity index (χ1) is 11.2. The molecule has 8 heteroatoms. The Hall–Kier alpha value is -2.09. The highest BCUT2D eigenvalue weighted by atomic mass is 19.4. The first-order valence-corrected chi connectivity index (χ1v) is 7.53. The Bertz CT molecular complexity index is 707. The van der Waals surface area contributed by atoms with Crippen molar-refractivity contribution < 1.29 is 32.7 Å². The third-order valence-corrected chi connectivity index (χ3v) is 4.75. The fourth-order valence-corrected chi connectivity index (χ4v) is 3.53. The molecule has 2 fully saturated rings. The van der Waals surface area contributed by atoms with Crippen LogP contribution in [-0.2, 0) is 22.4 Å². The van der Waals surface area contributed by atoms with Gasteiger partial charge in [0.1, 0.15) is 11.6 Å². The lowest BCUT2D eigenvalue weighted by Gasteiger charge is -2.24. The highest BCUT2D eigenvalue weighted by Crippen LogP contribution is 2.41. The number of ketones is 3. The van der Waals surface area contributed by atoms with Gasteiger partial charge in [0.15, 0.2) is 17.3 Å². The van der Waals surface area contributed by atoms with Gasteiger partial charge < -0.3 is 5.11 Å². The van der Waals surface area contributed by atoms with Gasteiger partial charge in [-0.1, -0.05) is 0 Å². The molecule has 0 saturated heterocycles. The smallest absolute Gasteiger partial charge is 0.390 e. The number of aliphatic hydroxyl groups is 1. The van der Waals surface area contributed by atoms with E-state index in [1.54, 1.807) is 0 Å². The van der Waals surface area contributed by atoms with Crippen molar-refractivity contribution >= 4 is 17.3 Å². The summed E-state index contributed by atoms with van der Waals surface area (Å²) in [7, 11) is 0. The minimum atomic E-state index is -4.72. The van der Waals surface area contributed by atoms with E-state index in [-0.39, 0.29) is 17.4 Å². The summed E-state index contributed by atoms with van der Waals surface area (Å²) in [6, 6.07) is 1.49. The van der Waals surface area contributed by atoms with Crippen LogP contribution in [0.5, 0.6) is 0 Å². The standard InChI is InChI=1S/C16H14F3NO4/c17-16(18,19)11-4-3-9(10(6-21)20-11)15(24)12-13(22)7-1-2-8(5-7)14(12)23/h3-4,7-8,12,21H,1-2,5-6H2. The van der Waals surface area contributed by atoms with Crippen molar-refractivity contribution in [1.82, 2.24) is 4.98 Å². The van der Waals surface area contributed by atoms with Crippen LogP contribution in [0.1, 0.15) is 41.0 Å². The molecular weight excluding hydrogens is 327 g/mol. The van der Waals surface area contributed by atoms with E-state index < -0.39 is 47.4 Å². The van der Waals surface area contributed by atoms with Crippen molar-refractivity contribution in [2.75, 3.05) is 0 Å². The lowest BCUT2D eigenvalue weighted by molar-refractivity contribution is -0.141. The zero-order chi connectivity index (χ0) is 17.6. The Morgan fingerprint density at radius 1 is 1.17 bits per heavy atom. The molecule has 1 aromatic rings. The molecule has 1 N–H and O–H groups in total. The molecule has 0 aliphatic heterocycles. The number of hydrogen-bond acceptors (Lipinski definition) is 5. The van der Waals surface area contributed by atoms with Gasteiger partial charge in [-0.05, 0) is 31.4 Å². The van der Waals surface area contributed by atoms with Crippen LogP contribution in [0.4, 0.5) is 13.2 Å². The fourth-order valence-electron chi connectivity index (χ4n) is 3.53. The molecule has 128 valence electrons. The van der Waals surface area contributed by atoms with Crippen LogP contribution in [0.15, 0.2) is 12.1 Å². The first kappa shape index (κ1) is 16.8. The summed E-state index contributed by atoms with van der Waals surface area (Å²) in [4.78, 5) is 40.5. The molecule has 0 amide bonds. The number of nitrogens with zero attached hydrogens (tertiary/aromatic N) is 1. The maximum atomic E-state index is 12.7. The van der Waals surface area contributed by atoms with E-state index in [9.17, 15) is 32.7 Å². The van der Waals surface area contributed by atoms with Crippen LogP contribution in [-0.4, -0.2) is 27.4 Å². The van der Waals surface area contributed by atoms with E-state index in [2.05, 4.69) is 4.98 Å². The molecule has 2 bridgehead atoms. The van der Waals surface area contributed by atoms with Gasteiger partial charge in [-0.15, -0.1) is 0 Å². The van der Waals surface area contributed by atoms with E-state index in [4.69, 9.17) is 0 Å². The average molecular weight is 341 g/mol. The molecule has 2 saturated carbocycles. The molecule has 24 heavy (non-hydrogen) atoms. The summed E-state index contributed by atoms with van der Waals surface area (Å²) in [6.07, 6.45) is -3.17. The quantitative estimate of drug-likeness (QED) is 0.671. The van der Waals surface area contributed by atoms with Gasteiger partial charge in [-0.25, -0.2) is 4.98 Å². The monoisotopic (exact) mass is 341 g/mol. The largest absolute Gasteiger partial charge is 0.433 e. The van der Waals surface area contributed by atoms with E-state index in [1.807, 2.05) is 0 Å². The molecule has 1 heterocycles. The molecule has 2 aliphatic carbocycles. The number of halogens is 3. The fraction of sp³-hybridized carbons (Fsp3) is 0.500. The maximum Gasteiger partial charge on any atom is 0.433 e. The third kappa shape index (κ3) is 2.64. The van der Waals surface area contributed by atoms with Crippen molar-refractivity contribution in [3.8, 4) is 0 Å². The van der Waals surface area contributed by atoms with Gasteiger partial charge in [0.25, 0.3) is 0 Å². The number of rotatable bonds is 3. The van der Waals surface area contributed by atoms with Gasteiger partial charge in [0.05, 0.1) is 12.3 Å². The molecule has 5 nitrogen and oxygen atoms in total. The maximum absolute atomic E-state index is 12.7. The van der Waals surface area contributed by atoms with Crippen LogP contribution in [0.25, 0.3) is 0 Å². The van der Waals surface area contributed by atoms with E-state index in [0.29, 0.717) is 25.3 Å². The van der Waals surface area contributed by atoms with E-state index in [1.165, 1.54) is 0 Å². The van der Waals surface area contributed by atoms with Gasteiger partial charge in [0.2, 0.25) is 0 Å². The lowest BCUT2D eigenvalue weighted by atomic mass is 9.75. The number of carbonyl (C=O) groups is 3. The van der Waals surface area contributed by atoms with Gasteiger partial charge in [-0.3, -0.25) is 14.4 Å². The molecule has 0 radical (unpaired) electrons. The average Bonchev–Trinajstić information content (AvgIpc) is 2.98. The summed E-state index contributed by atoms with van der Waals surface area (Å²) in [6.45, 7) is -0.896. The molecule has 0 spiro atoms. The lowest BCUT2D eigenvalue weighted by Crippen LogP contribution is -2.41. The van der Waals surface area contributed by atoms with Gasteiger partial charge in [-0.2, -0.15) is 13.2 Å². The van der Waals surface area contributed by atoms with Crippen molar-refractivity contribution in [1.29, 1.82) is 0 Å². The number of aromatic nitrogens is 1. The highest BCUT2D eigenvalue weighted by Gasteiger charge is 2.50. The summed E-state index contributed by atoms with van der Waals surface area (Å²) >= 11 is 0. The molecule has 2 aliphatic rings. The number of fused-ring (bicyclic) bond motifs is 2. The molecule has 2 unspecified atom stereocenters. The zero-order valence-electron chi connectivity index (χ0n) is 12.5. The summed E-state index contributed by atoms with van der Waals surface area (Å²) < 4.78 is 38.1. The van der Waals surface area contributed by atoms with Crippen molar-refractivity contribution in [2.24, 2.45) is 17.8 Å². The minimum Gasteiger partial charge on any atom is -0.390 e. The third-order valence-electron chi connectivity index (χ3n) is 4.75. The van der Waals surface area contributed by atoms with Gasteiger partial charge >= 0.3 is 6.18 Å². The predicted octanol–water partition coefficient (Wildman–Crippen LogP) is 1.96. The molecule has 2 atom stereocenters. The SMILES string of the molecule is O=C(c1ccc(C(F)(F)F)nc1CO)C1C(=O)C2CCC(C2)C1=O. The second-order valence-electron chi connectivity index (χ2n) is 6.16. The van der Waals surface area contributed by atoms with E-state index >= 15 is 0 Å². The Kier molecular flexibility index (Phi) is 4.03. The van der Waals surface area contributed by atoms with Crippen LogP contribution < -0.4 is 0 Å². The number of carbonyl (C=O) groups excluding carboxylic acids is 3. The molecule has 1 aromatic heterocycles.